The van der Waals surface area contributed by atoms with E-state index in [0.717, 1.165) is 11.1 Å². The van der Waals surface area contributed by atoms with E-state index in [4.69, 9.17) is 10.5 Å². The Hall–Kier alpha value is -3.00. The molecule has 1 aromatic heterocycles. The smallest absolute Gasteiger partial charge is 0.205 e. The lowest BCUT2D eigenvalue weighted by Gasteiger charge is -2.27. The summed E-state index contributed by atoms with van der Waals surface area (Å²) in [5.41, 5.74) is 8.48. The molecule has 0 bridgehead atoms. The van der Waals surface area contributed by atoms with Gasteiger partial charge in [0.15, 0.2) is 0 Å². The van der Waals surface area contributed by atoms with E-state index in [9.17, 15) is 10.4 Å². The minimum atomic E-state index is -0.341. The third-order valence-electron chi connectivity index (χ3n) is 3.62. The molecule has 1 aliphatic rings. The number of fused-ring (bicyclic) bond motifs is 1. The van der Waals surface area contributed by atoms with Crippen molar-refractivity contribution in [2.45, 2.75) is 12.8 Å². The van der Waals surface area contributed by atoms with Crippen LogP contribution in [0.15, 0.2) is 48.1 Å². The Morgan fingerprint density at radius 1 is 1.38 bits per heavy atom. The zero-order valence-electron chi connectivity index (χ0n) is 11.4. The van der Waals surface area contributed by atoms with Gasteiger partial charge in [-0.05, 0) is 24.6 Å². The maximum Gasteiger partial charge on any atom is 0.205 e. The second-order valence-corrected chi connectivity index (χ2v) is 4.84. The SMILES string of the molecule is Cc1c(O)ccc2c1OC(N)=C(C#N)[C@@H]2c1cccnc1. The van der Waals surface area contributed by atoms with Crippen molar-refractivity contribution in [1.82, 2.24) is 4.98 Å². The number of phenols is 1. The molecule has 0 amide bonds. The summed E-state index contributed by atoms with van der Waals surface area (Å²) in [6.07, 6.45) is 3.37. The summed E-state index contributed by atoms with van der Waals surface area (Å²) in [7, 11) is 0. The summed E-state index contributed by atoms with van der Waals surface area (Å²) in [6.45, 7) is 1.75. The Bertz CT molecular complexity index is 776. The van der Waals surface area contributed by atoms with Gasteiger partial charge in [0.1, 0.15) is 23.1 Å². The molecule has 1 atom stereocenters. The molecule has 3 rings (SSSR count). The fraction of sp³-hybridized carbons (Fsp3) is 0.125. The van der Waals surface area contributed by atoms with E-state index >= 15 is 0 Å². The average molecular weight is 279 g/mol. The van der Waals surface area contributed by atoms with E-state index in [1.807, 2.05) is 12.1 Å². The summed E-state index contributed by atoms with van der Waals surface area (Å²) in [5.74, 6) is 0.353. The van der Waals surface area contributed by atoms with Crippen LogP contribution in [0.2, 0.25) is 0 Å². The van der Waals surface area contributed by atoms with Crippen molar-refractivity contribution in [2.24, 2.45) is 5.73 Å². The number of allylic oxidation sites excluding steroid dienone is 1. The van der Waals surface area contributed by atoms with Gasteiger partial charge in [0.25, 0.3) is 0 Å². The van der Waals surface area contributed by atoms with Crippen LogP contribution in [0.4, 0.5) is 0 Å². The third kappa shape index (κ3) is 1.98. The maximum absolute atomic E-state index is 9.83. The number of aromatic nitrogens is 1. The number of hydrogen-bond donors (Lipinski definition) is 2. The summed E-state index contributed by atoms with van der Waals surface area (Å²) < 4.78 is 5.55. The van der Waals surface area contributed by atoms with Crippen LogP contribution in [0.1, 0.15) is 22.6 Å². The molecule has 104 valence electrons. The molecule has 0 saturated heterocycles. The van der Waals surface area contributed by atoms with E-state index in [1.54, 1.807) is 31.5 Å². The summed E-state index contributed by atoms with van der Waals surface area (Å²) >= 11 is 0. The minimum Gasteiger partial charge on any atom is -0.508 e. The zero-order valence-corrected chi connectivity index (χ0v) is 11.4. The highest BCUT2D eigenvalue weighted by molar-refractivity contribution is 5.60. The van der Waals surface area contributed by atoms with Crippen molar-refractivity contribution in [1.29, 1.82) is 5.26 Å². The molecular weight excluding hydrogens is 266 g/mol. The molecule has 0 unspecified atom stereocenters. The molecule has 2 heterocycles. The summed E-state index contributed by atoms with van der Waals surface area (Å²) in [4.78, 5) is 4.10. The molecule has 0 radical (unpaired) electrons. The van der Waals surface area contributed by atoms with Gasteiger partial charge in [0, 0.05) is 23.5 Å². The van der Waals surface area contributed by atoms with Gasteiger partial charge in [-0.1, -0.05) is 12.1 Å². The molecule has 21 heavy (non-hydrogen) atoms. The monoisotopic (exact) mass is 279 g/mol. The molecule has 0 aliphatic carbocycles. The lowest BCUT2D eigenvalue weighted by molar-refractivity contribution is 0.384. The molecule has 1 aromatic carbocycles. The molecule has 3 N–H and O–H groups in total. The first-order chi connectivity index (χ1) is 10.1. The number of aromatic hydroxyl groups is 1. The lowest BCUT2D eigenvalue weighted by Crippen LogP contribution is -2.21. The van der Waals surface area contributed by atoms with E-state index < -0.39 is 0 Å². The molecule has 5 heteroatoms. The number of nitrogens with zero attached hydrogens (tertiary/aromatic N) is 2. The van der Waals surface area contributed by atoms with Crippen molar-refractivity contribution in [3.05, 3.63) is 64.8 Å². The number of pyridine rings is 1. The van der Waals surface area contributed by atoms with Gasteiger partial charge in [-0.3, -0.25) is 4.98 Å². The first-order valence-corrected chi connectivity index (χ1v) is 6.43. The predicted octanol–water partition coefficient (Wildman–Crippen LogP) is 2.31. The minimum absolute atomic E-state index is 0.0625. The van der Waals surface area contributed by atoms with Crippen molar-refractivity contribution in [2.75, 3.05) is 0 Å². The molecule has 1 aliphatic heterocycles. The quantitative estimate of drug-likeness (QED) is 0.835. The predicted molar refractivity (Wildman–Crippen MR) is 76.4 cm³/mol. The number of rotatable bonds is 1. The topological polar surface area (TPSA) is 92.2 Å². The fourth-order valence-corrected chi connectivity index (χ4v) is 2.54. The Balaban J connectivity index is 2.27. The van der Waals surface area contributed by atoms with Crippen LogP contribution in [0.5, 0.6) is 11.5 Å². The van der Waals surface area contributed by atoms with Crippen molar-refractivity contribution in [3.63, 3.8) is 0 Å². The number of ether oxygens (including phenoxy) is 1. The molecule has 0 fully saturated rings. The van der Waals surface area contributed by atoms with E-state index in [1.165, 1.54) is 0 Å². The average Bonchev–Trinajstić information content (AvgIpc) is 2.51. The van der Waals surface area contributed by atoms with Crippen LogP contribution >= 0.6 is 0 Å². The maximum atomic E-state index is 9.83. The van der Waals surface area contributed by atoms with Crippen LogP contribution in [-0.4, -0.2) is 10.1 Å². The highest BCUT2D eigenvalue weighted by Gasteiger charge is 2.32. The lowest BCUT2D eigenvalue weighted by atomic mass is 9.83. The van der Waals surface area contributed by atoms with Crippen molar-refractivity contribution < 1.29 is 9.84 Å². The van der Waals surface area contributed by atoms with Gasteiger partial charge in [0.2, 0.25) is 5.88 Å². The third-order valence-corrected chi connectivity index (χ3v) is 3.62. The van der Waals surface area contributed by atoms with Gasteiger partial charge >= 0.3 is 0 Å². The van der Waals surface area contributed by atoms with Crippen molar-refractivity contribution >= 4 is 0 Å². The highest BCUT2D eigenvalue weighted by Crippen LogP contribution is 2.45. The summed E-state index contributed by atoms with van der Waals surface area (Å²) in [5, 5.41) is 19.2. The Labute approximate surface area is 121 Å². The van der Waals surface area contributed by atoms with Crippen LogP contribution in [0.25, 0.3) is 0 Å². The van der Waals surface area contributed by atoms with Crippen molar-refractivity contribution in [3.8, 4) is 17.6 Å². The second kappa shape index (κ2) is 4.84. The Morgan fingerprint density at radius 2 is 2.19 bits per heavy atom. The van der Waals surface area contributed by atoms with Gasteiger partial charge in [-0.2, -0.15) is 5.26 Å². The molecular formula is C16H13N3O2. The van der Waals surface area contributed by atoms with Crippen LogP contribution < -0.4 is 10.5 Å². The first-order valence-electron chi connectivity index (χ1n) is 6.43. The Morgan fingerprint density at radius 3 is 2.86 bits per heavy atom. The van der Waals surface area contributed by atoms with E-state index in [0.29, 0.717) is 16.9 Å². The zero-order chi connectivity index (χ0) is 15.0. The van der Waals surface area contributed by atoms with Gasteiger partial charge < -0.3 is 15.6 Å². The van der Waals surface area contributed by atoms with Gasteiger partial charge in [0.05, 0.1) is 5.92 Å². The Kier molecular flexibility index (Phi) is 2.99. The van der Waals surface area contributed by atoms with E-state index in [2.05, 4.69) is 11.1 Å². The first kappa shape index (κ1) is 13.0. The number of nitriles is 1. The molecule has 0 saturated carbocycles. The molecule has 2 aromatic rings. The molecule has 5 nitrogen and oxygen atoms in total. The molecule has 0 spiro atoms. The van der Waals surface area contributed by atoms with Gasteiger partial charge in [-0.15, -0.1) is 0 Å². The van der Waals surface area contributed by atoms with Crippen LogP contribution in [-0.2, 0) is 0 Å². The summed E-state index contributed by atoms with van der Waals surface area (Å²) in [6, 6.07) is 9.16. The standard InChI is InChI=1S/C16H13N3O2/c1-9-13(20)5-4-11-14(10-3-2-6-19-8-10)12(7-17)16(18)21-15(9)11/h2-6,8,14,20H,18H2,1H3/t14-/m1/s1. The normalized spacial score (nSPS) is 16.9. The number of hydrogen-bond acceptors (Lipinski definition) is 5. The second-order valence-electron chi connectivity index (χ2n) is 4.84. The fourth-order valence-electron chi connectivity index (χ4n) is 2.54. The van der Waals surface area contributed by atoms with Crippen LogP contribution in [0, 0.1) is 18.3 Å². The van der Waals surface area contributed by atoms with Crippen LogP contribution in [0.3, 0.4) is 0 Å². The van der Waals surface area contributed by atoms with Gasteiger partial charge in [-0.25, -0.2) is 0 Å². The number of phenolic OH excluding ortho intramolecular Hbond substituents is 1. The highest BCUT2D eigenvalue weighted by atomic mass is 16.5. The number of benzene rings is 1. The largest absolute Gasteiger partial charge is 0.508 e. The van der Waals surface area contributed by atoms with E-state index in [-0.39, 0.29) is 17.6 Å². The number of nitrogens with two attached hydrogens (primary N) is 1.